The lowest BCUT2D eigenvalue weighted by Gasteiger charge is -2.08. The van der Waals surface area contributed by atoms with Crippen LogP contribution in [0.4, 0.5) is 0 Å². The van der Waals surface area contributed by atoms with Crippen LogP contribution >= 0.6 is 0 Å². The van der Waals surface area contributed by atoms with E-state index < -0.39 is 11.9 Å². The van der Waals surface area contributed by atoms with Crippen molar-refractivity contribution in [2.75, 3.05) is 13.1 Å². The van der Waals surface area contributed by atoms with Gasteiger partial charge in [-0.3, -0.25) is 0 Å². The van der Waals surface area contributed by atoms with E-state index in [0.29, 0.717) is 0 Å². The Morgan fingerprint density at radius 1 is 0.917 bits per heavy atom. The Labute approximate surface area is 70.4 Å². The standard InChI is InChI=1S/C5H11N.C2H2O4/c1-2-4-6-5-3-1;3-1(4)2(5)6/h6H,1-5H2;(H,3,4)(H,5,6). The average molecular weight is 175 g/mol. The van der Waals surface area contributed by atoms with Gasteiger partial charge in [0.05, 0.1) is 0 Å². The van der Waals surface area contributed by atoms with E-state index in [1.54, 1.807) is 0 Å². The summed E-state index contributed by atoms with van der Waals surface area (Å²) in [7, 11) is 0. The minimum Gasteiger partial charge on any atom is -0.473 e. The van der Waals surface area contributed by atoms with Crippen LogP contribution in [0.3, 0.4) is 0 Å². The number of carbonyl (C=O) groups is 2. The van der Waals surface area contributed by atoms with Gasteiger partial charge < -0.3 is 15.5 Å². The van der Waals surface area contributed by atoms with Gasteiger partial charge in [-0.25, -0.2) is 9.59 Å². The summed E-state index contributed by atoms with van der Waals surface area (Å²) in [6, 6.07) is 0. The van der Waals surface area contributed by atoms with Crippen LogP contribution in [-0.4, -0.2) is 35.2 Å². The molecule has 0 radical (unpaired) electrons. The predicted octanol–water partition coefficient (Wildman–Crippen LogP) is -0.0845. The van der Waals surface area contributed by atoms with Gasteiger partial charge in [-0.1, -0.05) is 6.42 Å². The van der Waals surface area contributed by atoms with Gasteiger partial charge in [-0.2, -0.15) is 0 Å². The molecule has 3 N–H and O–H groups in total. The summed E-state index contributed by atoms with van der Waals surface area (Å²) in [6.45, 7) is 2.50. The summed E-state index contributed by atoms with van der Waals surface area (Å²) >= 11 is 0. The molecule has 0 aromatic carbocycles. The van der Waals surface area contributed by atoms with E-state index in [1.165, 1.54) is 32.4 Å². The first kappa shape index (κ1) is 10.9. The van der Waals surface area contributed by atoms with Crippen molar-refractivity contribution in [1.29, 1.82) is 0 Å². The number of hydrogen-bond acceptors (Lipinski definition) is 3. The largest absolute Gasteiger partial charge is 0.473 e. The Kier molecular flexibility index (Phi) is 6.00. The molecule has 0 amide bonds. The van der Waals surface area contributed by atoms with E-state index in [1.807, 2.05) is 0 Å². The average Bonchev–Trinajstić information content (AvgIpc) is 2.08. The zero-order valence-electron chi connectivity index (χ0n) is 6.75. The van der Waals surface area contributed by atoms with Crippen molar-refractivity contribution < 1.29 is 19.8 Å². The molecule has 0 aromatic heterocycles. The third kappa shape index (κ3) is 7.01. The molecule has 0 saturated carbocycles. The summed E-state index contributed by atoms with van der Waals surface area (Å²) in [5, 5.41) is 18.1. The second-order valence-electron chi connectivity index (χ2n) is 2.42. The summed E-state index contributed by atoms with van der Waals surface area (Å²) in [5.74, 6) is -3.65. The second kappa shape index (κ2) is 6.60. The number of carboxylic acid groups (broad SMARTS) is 2. The maximum Gasteiger partial charge on any atom is 0.414 e. The van der Waals surface area contributed by atoms with Gasteiger partial charge in [-0.15, -0.1) is 0 Å². The number of rotatable bonds is 0. The first-order valence-electron chi connectivity index (χ1n) is 3.81. The minimum atomic E-state index is -1.82. The highest BCUT2D eigenvalue weighted by molar-refractivity contribution is 6.27. The van der Waals surface area contributed by atoms with Crippen LogP contribution in [0.2, 0.25) is 0 Å². The van der Waals surface area contributed by atoms with Crippen molar-refractivity contribution >= 4 is 11.9 Å². The molecule has 70 valence electrons. The molecule has 0 unspecified atom stereocenters. The number of aliphatic carboxylic acids is 2. The van der Waals surface area contributed by atoms with Crippen LogP contribution in [-0.2, 0) is 9.59 Å². The number of piperidine rings is 1. The molecule has 0 bridgehead atoms. The van der Waals surface area contributed by atoms with Crippen molar-refractivity contribution in [2.45, 2.75) is 19.3 Å². The van der Waals surface area contributed by atoms with Crippen LogP contribution in [0, 0.1) is 0 Å². The van der Waals surface area contributed by atoms with E-state index in [4.69, 9.17) is 19.8 Å². The van der Waals surface area contributed by atoms with Crippen LogP contribution in [0.15, 0.2) is 0 Å². The van der Waals surface area contributed by atoms with Gasteiger partial charge in [0.25, 0.3) is 0 Å². The predicted molar refractivity (Wildman–Crippen MR) is 42.0 cm³/mol. The number of carboxylic acids is 2. The van der Waals surface area contributed by atoms with Crippen molar-refractivity contribution in [3.05, 3.63) is 0 Å². The Hall–Kier alpha value is -1.10. The number of nitrogens with one attached hydrogen (secondary N) is 1. The molecule has 1 aliphatic rings. The van der Waals surface area contributed by atoms with Crippen molar-refractivity contribution in [2.24, 2.45) is 0 Å². The first-order valence-corrected chi connectivity index (χ1v) is 3.81. The van der Waals surface area contributed by atoms with E-state index in [0.717, 1.165) is 0 Å². The normalized spacial score (nSPS) is 15.7. The molecule has 1 heterocycles. The zero-order valence-corrected chi connectivity index (χ0v) is 6.75. The number of hydrogen-bond donors (Lipinski definition) is 3. The van der Waals surface area contributed by atoms with Crippen LogP contribution < -0.4 is 5.32 Å². The highest BCUT2D eigenvalue weighted by Gasteiger charge is 2.04. The smallest absolute Gasteiger partial charge is 0.414 e. The van der Waals surface area contributed by atoms with Crippen molar-refractivity contribution in [3.8, 4) is 0 Å². The Morgan fingerprint density at radius 2 is 1.33 bits per heavy atom. The van der Waals surface area contributed by atoms with Crippen LogP contribution in [0.5, 0.6) is 0 Å². The highest BCUT2D eigenvalue weighted by Crippen LogP contribution is 1.96. The quantitative estimate of drug-likeness (QED) is 0.448. The fraction of sp³-hybridized carbons (Fsp3) is 0.714. The Morgan fingerprint density at radius 3 is 1.42 bits per heavy atom. The third-order valence-corrected chi connectivity index (χ3v) is 1.39. The van der Waals surface area contributed by atoms with Gasteiger partial charge in [-0.05, 0) is 25.9 Å². The summed E-state index contributed by atoms with van der Waals surface area (Å²) < 4.78 is 0. The zero-order chi connectivity index (χ0) is 9.40. The van der Waals surface area contributed by atoms with E-state index in [2.05, 4.69) is 5.32 Å². The Bertz CT molecular complexity index is 130. The lowest BCUT2D eigenvalue weighted by molar-refractivity contribution is -0.159. The van der Waals surface area contributed by atoms with Gasteiger partial charge in [0.1, 0.15) is 0 Å². The molecular weight excluding hydrogens is 162 g/mol. The first-order chi connectivity index (χ1) is 5.64. The molecule has 1 aliphatic heterocycles. The fourth-order valence-corrected chi connectivity index (χ4v) is 0.802. The molecule has 0 atom stereocenters. The Balaban J connectivity index is 0.000000202. The molecular formula is C7H13NO4. The van der Waals surface area contributed by atoms with Gasteiger partial charge in [0.2, 0.25) is 0 Å². The lowest BCUT2D eigenvalue weighted by Crippen LogP contribution is -2.21. The molecule has 1 saturated heterocycles. The molecule has 12 heavy (non-hydrogen) atoms. The van der Waals surface area contributed by atoms with Gasteiger partial charge >= 0.3 is 11.9 Å². The van der Waals surface area contributed by atoms with Crippen LogP contribution in [0.25, 0.3) is 0 Å². The van der Waals surface area contributed by atoms with E-state index in [-0.39, 0.29) is 0 Å². The molecule has 0 aromatic rings. The molecule has 1 fully saturated rings. The highest BCUT2D eigenvalue weighted by atomic mass is 16.4. The molecule has 5 heteroatoms. The van der Waals surface area contributed by atoms with Gasteiger partial charge in [0, 0.05) is 0 Å². The molecule has 0 aliphatic carbocycles. The molecule has 5 nitrogen and oxygen atoms in total. The van der Waals surface area contributed by atoms with Crippen molar-refractivity contribution in [3.63, 3.8) is 0 Å². The lowest BCUT2D eigenvalue weighted by atomic mass is 10.2. The van der Waals surface area contributed by atoms with E-state index in [9.17, 15) is 0 Å². The van der Waals surface area contributed by atoms with Crippen molar-refractivity contribution in [1.82, 2.24) is 5.32 Å². The van der Waals surface area contributed by atoms with Gasteiger partial charge in [0.15, 0.2) is 0 Å². The topological polar surface area (TPSA) is 86.6 Å². The third-order valence-electron chi connectivity index (χ3n) is 1.39. The fourth-order valence-electron chi connectivity index (χ4n) is 0.802. The summed E-state index contributed by atoms with van der Waals surface area (Å²) in [5.41, 5.74) is 0. The van der Waals surface area contributed by atoms with E-state index >= 15 is 0 Å². The summed E-state index contributed by atoms with van der Waals surface area (Å²) in [4.78, 5) is 18.2. The monoisotopic (exact) mass is 175 g/mol. The minimum absolute atomic E-state index is 1.25. The maximum absolute atomic E-state index is 9.10. The molecule has 0 spiro atoms. The molecule has 1 rings (SSSR count). The van der Waals surface area contributed by atoms with Crippen LogP contribution in [0.1, 0.15) is 19.3 Å². The second-order valence-corrected chi connectivity index (χ2v) is 2.42. The summed E-state index contributed by atoms with van der Waals surface area (Å²) in [6.07, 6.45) is 4.22. The maximum atomic E-state index is 9.10. The SMILES string of the molecule is C1CCNCC1.O=C(O)C(=O)O.